The van der Waals surface area contributed by atoms with E-state index in [1.165, 1.54) is 12.1 Å². The molecular formula is C29H36FN3O5. The van der Waals surface area contributed by atoms with Crippen molar-refractivity contribution in [2.24, 2.45) is 0 Å². The molecule has 2 atom stereocenters. The molecule has 3 aromatic rings. The SMILES string of the molecule is CC(C)c1c(C(=O)N(C)CCc2ccccc2)nn(-c2ccc(F)cc2)c1CC[C@@H](O)C[C@@H](O)CC(=O)O. The van der Waals surface area contributed by atoms with Gasteiger partial charge in [0.15, 0.2) is 5.69 Å². The summed E-state index contributed by atoms with van der Waals surface area (Å²) in [7, 11) is 1.74. The Hall–Kier alpha value is -3.56. The highest BCUT2D eigenvalue weighted by Crippen LogP contribution is 2.29. The van der Waals surface area contributed by atoms with Crippen LogP contribution >= 0.6 is 0 Å². The van der Waals surface area contributed by atoms with E-state index in [9.17, 15) is 24.2 Å². The van der Waals surface area contributed by atoms with Crippen molar-refractivity contribution >= 4 is 11.9 Å². The third-order valence-corrected chi connectivity index (χ3v) is 6.47. The van der Waals surface area contributed by atoms with Gasteiger partial charge >= 0.3 is 5.97 Å². The van der Waals surface area contributed by atoms with Gasteiger partial charge in [-0.2, -0.15) is 5.10 Å². The van der Waals surface area contributed by atoms with Crippen molar-refractivity contribution in [2.45, 2.75) is 64.1 Å². The topological polar surface area (TPSA) is 116 Å². The molecule has 1 aromatic heterocycles. The lowest BCUT2D eigenvalue weighted by Gasteiger charge is -2.18. The molecule has 3 rings (SSSR count). The van der Waals surface area contributed by atoms with Crippen molar-refractivity contribution in [1.29, 1.82) is 0 Å². The van der Waals surface area contributed by atoms with Gasteiger partial charge in [-0.1, -0.05) is 44.2 Å². The Morgan fingerprint density at radius 1 is 1.00 bits per heavy atom. The second-order valence-corrected chi connectivity index (χ2v) is 9.89. The van der Waals surface area contributed by atoms with Crippen LogP contribution in [0.25, 0.3) is 5.69 Å². The highest BCUT2D eigenvalue weighted by atomic mass is 19.1. The molecule has 1 amide bonds. The molecule has 1 heterocycles. The summed E-state index contributed by atoms with van der Waals surface area (Å²) in [5.41, 5.74) is 3.44. The van der Waals surface area contributed by atoms with Crippen LogP contribution in [0, 0.1) is 5.82 Å². The number of rotatable bonds is 13. The molecule has 0 saturated heterocycles. The van der Waals surface area contributed by atoms with E-state index < -0.39 is 30.4 Å². The van der Waals surface area contributed by atoms with E-state index >= 15 is 0 Å². The number of amides is 1. The standard InChI is InChI=1S/C29H36FN3O5/c1-19(2)27-25(14-13-23(34)17-24(35)18-26(36)37)33(22-11-9-21(30)10-12-22)31-28(27)29(38)32(3)16-15-20-7-5-4-6-8-20/h4-12,19,23-24,34-35H,13-18H2,1-3H3,(H,36,37)/t23-,24-/m1/s1. The number of likely N-dealkylation sites (N-methyl/N-ethyl adjacent to an activating group) is 1. The van der Waals surface area contributed by atoms with Crippen molar-refractivity contribution in [1.82, 2.24) is 14.7 Å². The fourth-order valence-electron chi connectivity index (χ4n) is 4.51. The Labute approximate surface area is 222 Å². The lowest BCUT2D eigenvalue weighted by molar-refractivity contribution is -0.139. The summed E-state index contributed by atoms with van der Waals surface area (Å²) < 4.78 is 15.3. The maximum atomic E-state index is 13.7. The number of carboxylic acid groups (broad SMARTS) is 1. The van der Waals surface area contributed by atoms with Crippen LogP contribution in [-0.4, -0.2) is 67.7 Å². The van der Waals surface area contributed by atoms with Gasteiger partial charge in [-0.15, -0.1) is 0 Å². The summed E-state index contributed by atoms with van der Waals surface area (Å²) in [6.07, 6.45) is -1.41. The highest BCUT2D eigenvalue weighted by Gasteiger charge is 2.28. The molecule has 38 heavy (non-hydrogen) atoms. The van der Waals surface area contributed by atoms with Crippen molar-refractivity contribution in [3.63, 3.8) is 0 Å². The second kappa shape index (κ2) is 13.3. The van der Waals surface area contributed by atoms with Crippen LogP contribution in [0.15, 0.2) is 54.6 Å². The quantitative estimate of drug-likeness (QED) is 0.311. The zero-order valence-electron chi connectivity index (χ0n) is 22.0. The maximum Gasteiger partial charge on any atom is 0.305 e. The molecule has 0 aliphatic heterocycles. The summed E-state index contributed by atoms with van der Waals surface area (Å²) in [6.45, 7) is 4.42. The van der Waals surface area contributed by atoms with Gasteiger partial charge in [-0.25, -0.2) is 9.07 Å². The third-order valence-electron chi connectivity index (χ3n) is 6.47. The smallest absolute Gasteiger partial charge is 0.305 e. The van der Waals surface area contributed by atoms with E-state index in [1.807, 2.05) is 44.2 Å². The summed E-state index contributed by atoms with van der Waals surface area (Å²) in [5, 5.41) is 34.0. The van der Waals surface area contributed by atoms with E-state index in [0.717, 1.165) is 11.1 Å². The molecule has 0 radical (unpaired) electrons. The normalized spacial score (nSPS) is 12.9. The Bertz CT molecular complexity index is 1210. The zero-order chi connectivity index (χ0) is 27.8. The summed E-state index contributed by atoms with van der Waals surface area (Å²) in [6, 6.07) is 15.7. The fraction of sp³-hybridized carbons (Fsp3) is 0.414. The van der Waals surface area contributed by atoms with Gasteiger partial charge in [0.1, 0.15) is 5.82 Å². The van der Waals surface area contributed by atoms with Gasteiger partial charge in [0, 0.05) is 24.8 Å². The maximum absolute atomic E-state index is 13.7. The van der Waals surface area contributed by atoms with Crippen LogP contribution in [0.5, 0.6) is 0 Å². The molecule has 0 fully saturated rings. The molecule has 0 bridgehead atoms. The van der Waals surface area contributed by atoms with E-state index in [2.05, 4.69) is 5.10 Å². The van der Waals surface area contributed by atoms with E-state index in [-0.39, 0.29) is 24.7 Å². The van der Waals surface area contributed by atoms with Gasteiger partial charge in [0.25, 0.3) is 5.91 Å². The van der Waals surface area contributed by atoms with Crippen molar-refractivity contribution < 1.29 is 29.3 Å². The molecular weight excluding hydrogens is 489 g/mol. The minimum Gasteiger partial charge on any atom is -0.481 e. The predicted octanol–water partition coefficient (Wildman–Crippen LogP) is 3.97. The van der Waals surface area contributed by atoms with E-state index in [0.29, 0.717) is 36.5 Å². The number of aromatic nitrogens is 2. The monoisotopic (exact) mass is 525 g/mol. The fourth-order valence-corrected chi connectivity index (χ4v) is 4.51. The van der Waals surface area contributed by atoms with Crippen molar-refractivity contribution in [3.8, 4) is 5.69 Å². The third kappa shape index (κ3) is 7.72. The van der Waals surface area contributed by atoms with E-state index in [4.69, 9.17) is 5.11 Å². The molecule has 8 nitrogen and oxygen atoms in total. The molecule has 0 unspecified atom stereocenters. The largest absolute Gasteiger partial charge is 0.481 e. The van der Waals surface area contributed by atoms with Gasteiger partial charge < -0.3 is 20.2 Å². The molecule has 0 spiro atoms. The summed E-state index contributed by atoms with van der Waals surface area (Å²) >= 11 is 0. The average molecular weight is 526 g/mol. The van der Waals surface area contributed by atoms with Gasteiger partial charge in [0.2, 0.25) is 0 Å². The molecule has 2 aromatic carbocycles. The number of halogens is 1. The number of carbonyl (C=O) groups is 2. The van der Waals surface area contributed by atoms with Crippen LogP contribution in [0.4, 0.5) is 4.39 Å². The van der Waals surface area contributed by atoms with Crippen molar-refractivity contribution in [2.75, 3.05) is 13.6 Å². The summed E-state index contributed by atoms with van der Waals surface area (Å²) in [5.74, 6) is -1.84. The molecule has 204 valence electrons. The number of hydrogen-bond donors (Lipinski definition) is 3. The second-order valence-electron chi connectivity index (χ2n) is 9.89. The zero-order valence-corrected chi connectivity index (χ0v) is 22.0. The molecule has 3 N–H and O–H groups in total. The Kier molecular flexibility index (Phi) is 10.2. The summed E-state index contributed by atoms with van der Waals surface area (Å²) in [4.78, 5) is 26.1. The first kappa shape index (κ1) is 29.0. The number of aliphatic carboxylic acids is 1. The average Bonchev–Trinajstić information content (AvgIpc) is 3.26. The highest BCUT2D eigenvalue weighted by molar-refractivity contribution is 5.94. The molecule has 9 heteroatoms. The first-order valence-corrected chi connectivity index (χ1v) is 12.8. The van der Waals surface area contributed by atoms with Crippen LogP contribution < -0.4 is 0 Å². The minimum absolute atomic E-state index is 0.0737. The lowest BCUT2D eigenvalue weighted by Crippen LogP contribution is -2.30. The lowest BCUT2D eigenvalue weighted by atomic mass is 9.95. The van der Waals surface area contributed by atoms with Crippen molar-refractivity contribution in [3.05, 3.63) is 82.9 Å². The Morgan fingerprint density at radius 2 is 1.66 bits per heavy atom. The van der Waals surface area contributed by atoms with Gasteiger partial charge in [-0.05, 0) is 61.4 Å². The van der Waals surface area contributed by atoms with Gasteiger partial charge in [-0.3, -0.25) is 9.59 Å². The van der Waals surface area contributed by atoms with Crippen LogP contribution in [-0.2, 0) is 17.6 Å². The Morgan fingerprint density at radius 3 is 2.26 bits per heavy atom. The number of carbonyl (C=O) groups excluding carboxylic acids is 1. The predicted molar refractivity (Wildman–Crippen MR) is 142 cm³/mol. The number of aliphatic hydroxyl groups is 2. The minimum atomic E-state index is -1.16. The molecule has 0 aliphatic rings. The number of nitrogens with zero attached hydrogens (tertiary/aromatic N) is 3. The van der Waals surface area contributed by atoms with Crippen LogP contribution in [0.3, 0.4) is 0 Å². The number of benzene rings is 2. The van der Waals surface area contributed by atoms with Crippen LogP contribution in [0.2, 0.25) is 0 Å². The first-order chi connectivity index (χ1) is 18.1. The van der Waals surface area contributed by atoms with Gasteiger partial charge in [0.05, 0.1) is 24.3 Å². The molecule has 0 aliphatic carbocycles. The van der Waals surface area contributed by atoms with Crippen LogP contribution in [0.1, 0.15) is 66.3 Å². The Balaban J connectivity index is 1.90. The number of hydrogen-bond acceptors (Lipinski definition) is 5. The van der Waals surface area contributed by atoms with E-state index in [1.54, 1.807) is 28.8 Å². The molecule has 0 saturated carbocycles. The number of carboxylic acids is 1. The first-order valence-electron chi connectivity index (χ1n) is 12.8. The number of aliphatic hydroxyl groups excluding tert-OH is 2.